The van der Waals surface area contributed by atoms with Crippen LogP contribution in [-0.2, 0) is 134 Å². The maximum atomic E-state index is 11.0. The van der Waals surface area contributed by atoms with Crippen molar-refractivity contribution in [2.24, 2.45) is 65.1 Å². The van der Waals surface area contributed by atoms with E-state index in [-0.39, 0.29) is 97.6 Å². The fourth-order valence-electron chi connectivity index (χ4n) is 10.2. The third-order valence-electron chi connectivity index (χ3n) is 16.7. The summed E-state index contributed by atoms with van der Waals surface area (Å²) in [6.07, 6.45) is 13.5. The largest absolute Gasteiger partial charge is 0.481 e. The lowest BCUT2D eigenvalue weighted by molar-refractivity contribution is -0.165. The predicted molar refractivity (Wildman–Crippen MR) is 458 cm³/mol. The summed E-state index contributed by atoms with van der Waals surface area (Å²) in [6, 6.07) is 0. The summed E-state index contributed by atoms with van der Waals surface area (Å²) in [4.78, 5) is 264. The van der Waals surface area contributed by atoms with E-state index in [0.29, 0.717) is 37.0 Å². The number of hydrogen-bond donors (Lipinski definition) is 22. The molecule has 4 bridgehead atoms. The summed E-state index contributed by atoms with van der Waals surface area (Å²) >= 11 is 0. The maximum absolute atomic E-state index is 11.0. The van der Waals surface area contributed by atoms with E-state index < -0.39 is 191 Å². The standard InChI is InChI=1S/C9H10O4.C9H12O3.C9H12O2.C7H12O7.C7H12O5.2C7H8O3.C7H10O3.C6H8O3.C5H8O5.C5H4O3.C4H4O5.C4H6O4/c10-8(11)6-4-1-2-5(3-4)7(6)9(12)13;1-6(10)7-4-2-3-5-8(7)9(11)12;1-5-6-2-3-7(4-6)8(5)9(10)11;1-2(8)3(9)4(10)5(11)6(12)7(13)14;1-6(8)4-11-2-3-12-5-7(9)10;2*1-6(8)4-2-3-5-7(9)10;1-3-4-6(5(2)8)7(9)10;1-5(7)3-2-4-6(8)9;1-2(6)3(7)4(8)5(9)10;1-4(6)2-3-5(7)8;5-2(4(8)9)1-3(6)7;1-2(5)3(6)4(7)8/h1-2,4-7H,3H2,(H,10,11)(H,12,13);2-3,7-8H,4-5H2,1H3,(H,11,12);2-3,5-8H,4H2,1H3,(H,10,11);3-6,9-12H,1H3,(H,13,14);2-5H2,1H3,(H,9,10);2*2-5H,1H3,(H,9,10);3,6H,1,4H2,2H3,(H,9,10);2-3H,4H2,1H3,(H,8,9);3-4,7-8H,1H3,(H,9,10);1H3,(H,7,8);1H2,(H,6,7)(H,8,9);3,6H,1H3,(H,7,8)/b;;;;;4-2+,5-3+;4-2-,5-3-;;3-2+;;;;/t;7-,8+;;;;;;;;;;;/m.1.........../s1. The Morgan fingerprint density at radius 3 is 1.01 bits per heavy atom. The number of hydrogen-bond acceptors (Lipinski definition) is 35. The van der Waals surface area contributed by atoms with E-state index in [4.69, 9.17) is 117 Å². The summed E-state index contributed by atoms with van der Waals surface area (Å²) in [5.41, 5.74) is 0. The summed E-state index contributed by atoms with van der Waals surface area (Å²) in [7, 11) is 0. The molecule has 0 aromatic heterocycles. The van der Waals surface area contributed by atoms with Gasteiger partial charge in [0.25, 0.3) is 5.78 Å². The number of fused-ring (bicyclic) bond motifs is 4. The quantitative estimate of drug-likeness (QED) is 0.00534. The van der Waals surface area contributed by atoms with E-state index in [2.05, 4.69) is 23.5 Å². The van der Waals surface area contributed by atoms with Crippen molar-refractivity contribution in [3.63, 3.8) is 0 Å². The van der Waals surface area contributed by atoms with Gasteiger partial charge in [-0.25, -0.2) is 38.4 Å². The molecule has 136 heavy (non-hydrogen) atoms. The van der Waals surface area contributed by atoms with E-state index >= 15 is 0 Å². The average Bonchev–Trinajstić information content (AvgIpc) is 1.62. The van der Waals surface area contributed by atoms with Crippen LogP contribution in [0.5, 0.6) is 0 Å². The number of ether oxygens (including phenoxy) is 2. The number of carboxylic acid groups (broad SMARTS) is 15. The highest BCUT2D eigenvalue weighted by atomic mass is 16.5. The highest BCUT2D eigenvalue weighted by Gasteiger charge is 2.52. The number of aliphatic carboxylic acids is 15. The molecule has 0 radical (unpaired) electrons. The molecule has 2 fully saturated rings. The van der Waals surface area contributed by atoms with Crippen molar-refractivity contribution >= 4 is 153 Å². The van der Waals surface area contributed by atoms with E-state index in [0.717, 1.165) is 39.3 Å². The molecule has 5 rings (SSSR count). The first kappa shape index (κ1) is 137. The minimum atomic E-state index is -2.25. The van der Waals surface area contributed by atoms with Crippen LogP contribution in [-0.4, -0.2) is 335 Å². The number of carbonyl (C=O) groups excluding carboxylic acids is 11. The molecule has 0 saturated heterocycles. The van der Waals surface area contributed by atoms with Gasteiger partial charge in [-0.05, 0) is 148 Å². The van der Waals surface area contributed by atoms with E-state index in [9.17, 15) is 125 Å². The van der Waals surface area contributed by atoms with Gasteiger partial charge in [0.1, 0.15) is 61.5 Å². The van der Waals surface area contributed by atoms with Crippen LogP contribution in [0.15, 0.2) is 110 Å². The lowest BCUT2D eigenvalue weighted by atomic mass is 9.81. The SMILES string of the molecule is C=CCC(C(C)=O)C(=O)O.CC(=O)/C=C/C=C/C(=O)O.CC(=O)/C=C/CC(=O)O.CC(=O)/C=C\C=C/C(=O)O.CC(=O)C#CC(=O)O.CC(=O)C(O)C(=O)O.CC(=O)C(O)C(O)C(=O)O.CC(=O)C(O)C(O)C(O)C(O)C(=O)O.CC(=O)COCCOCC(=O)O.CC(=O)[C@H]1CC=CC[C@@H]1C(=O)O.CC1C2C=CC(C2)C1C(=O)O.O=C(O)C1C2C=CC(C2)C1C(=O)O.O=C(O)CC(=O)C(=O)O. The van der Waals surface area contributed by atoms with E-state index in [1.807, 2.05) is 37.1 Å². The Kier molecular flexibility index (Phi) is 77.2. The van der Waals surface area contributed by atoms with Crippen molar-refractivity contribution in [1.29, 1.82) is 0 Å². The van der Waals surface area contributed by atoms with Gasteiger partial charge in [0.2, 0.25) is 11.9 Å². The molecule has 50 heteroatoms. The molecule has 0 heterocycles. The smallest absolute Gasteiger partial charge is 0.382 e. The summed E-state index contributed by atoms with van der Waals surface area (Å²) in [5.74, 6) is -21.3. The number of carbonyl (C=O) groups is 26. The van der Waals surface area contributed by atoms with Crippen LogP contribution in [0.2, 0.25) is 0 Å². The van der Waals surface area contributed by atoms with Crippen molar-refractivity contribution in [3.05, 3.63) is 110 Å². The molecule has 50 nitrogen and oxygen atoms in total. The van der Waals surface area contributed by atoms with Gasteiger partial charge in [-0.2, -0.15) is 0 Å². The normalized spacial score (nSPS) is 19.1. The Hall–Kier alpha value is -14.7. The van der Waals surface area contributed by atoms with Crippen molar-refractivity contribution in [1.82, 2.24) is 0 Å². The molecule has 16 unspecified atom stereocenters. The molecule has 5 aliphatic carbocycles. The fourth-order valence-corrected chi connectivity index (χ4v) is 10.2. The van der Waals surface area contributed by atoms with Crippen molar-refractivity contribution in [3.8, 4) is 11.8 Å². The van der Waals surface area contributed by atoms with Gasteiger partial charge in [0.05, 0.1) is 43.3 Å². The van der Waals surface area contributed by atoms with Crippen LogP contribution in [0.1, 0.15) is 121 Å². The number of rotatable bonds is 38. The third kappa shape index (κ3) is 72.9. The van der Waals surface area contributed by atoms with Crippen LogP contribution in [0, 0.1) is 76.9 Å². The Labute approximate surface area is 773 Å². The topological polar surface area (TPSA) is 907 Å². The Balaban J connectivity index is -0.000000218. The molecule has 5 aliphatic rings. The van der Waals surface area contributed by atoms with Crippen molar-refractivity contribution in [2.75, 3.05) is 26.4 Å². The molecule has 2 saturated carbocycles. The highest BCUT2D eigenvalue weighted by Crippen LogP contribution is 2.49. The van der Waals surface area contributed by atoms with Gasteiger partial charge >= 0.3 is 89.5 Å². The first-order valence-corrected chi connectivity index (χ1v) is 38.9. The Morgan fingerprint density at radius 2 is 0.779 bits per heavy atom. The molecule has 0 aromatic carbocycles. The molecule has 0 aliphatic heterocycles. The highest BCUT2D eigenvalue weighted by molar-refractivity contribution is 6.35. The molecule has 0 spiro atoms. The number of aliphatic hydroxyl groups excluding tert-OH is 7. The van der Waals surface area contributed by atoms with Gasteiger partial charge in [-0.3, -0.25) is 86.3 Å². The molecule has 0 aromatic rings. The number of allylic oxidation sites excluding steroid dienone is 14. The number of Topliss-reactive ketones (excluding diaryl/α,β-unsaturated/α-hetero) is 8. The molecule has 18 atom stereocenters. The lowest BCUT2D eigenvalue weighted by Crippen LogP contribution is -2.49. The Morgan fingerprint density at radius 1 is 0.397 bits per heavy atom. The maximum Gasteiger partial charge on any atom is 0.382 e. The minimum Gasteiger partial charge on any atom is -0.481 e. The van der Waals surface area contributed by atoms with Crippen LogP contribution in [0.3, 0.4) is 0 Å². The van der Waals surface area contributed by atoms with Gasteiger partial charge < -0.3 is 122 Å². The molecule has 0 amide bonds. The second-order valence-electron chi connectivity index (χ2n) is 28.0. The summed E-state index contributed by atoms with van der Waals surface area (Å²) < 4.78 is 9.45. The number of ketones is 11. The zero-order valence-electron chi connectivity index (χ0n) is 75.0. The summed E-state index contributed by atoms with van der Waals surface area (Å²) in [5, 5.41) is 185. The third-order valence-corrected chi connectivity index (χ3v) is 16.7. The first-order valence-electron chi connectivity index (χ1n) is 38.9. The molecule has 22 N–H and O–H groups in total. The predicted octanol–water partition coefficient (Wildman–Crippen LogP) is -0.653. The first-order chi connectivity index (χ1) is 62.5. The number of carboxylic acids is 15. The second-order valence-corrected chi connectivity index (χ2v) is 28.0. The van der Waals surface area contributed by atoms with Crippen LogP contribution in [0.4, 0.5) is 0 Å². The average molecular weight is 1950 g/mol. The summed E-state index contributed by atoms with van der Waals surface area (Å²) in [6.45, 7) is 18.0. The van der Waals surface area contributed by atoms with Crippen molar-refractivity contribution in [2.45, 2.75) is 164 Å². The van der Waals surface area contributed by atoms with E-state index in [1.54, 1.807) is 5.92 Å². The molecular weight excluding hydrogens is 1830 g/mol. The lowest BCUT2D eigenvalue weighted by Gasteiger charge is -2.22. The van der Waals surface area contributed by atoms with Crippen LogP contribution in [0.25, 0.3) is 0 Å². The second kappa shape index (κ2) is 76.8. The van der Waals surface area contributed by atoms with Gasteiger partial charge in [-0.15, -0.1) is 6.58 Å². The monoisotopic (exact) mass is 1950 g/mol. The fraction of sp³-hybridized carbons (Fsp3) is 0.465. The van der Waals surface area contributed by atoms with Gasteiger partial charge in [0.15, 0.2) is 52.7 Å². The van der Waals surface area contributed by atoms with Crippen molar-refractivity contribution < 1.29 is 246 Å². The minimum absolute atomic E-state index is 0.0215. The van der Waals surface area contributed by atoms with E-state index in [1.165, 1.54) is 103 Å². The van der Waals surface area contributed by atoms with Gasteiger partial charge in [-0.1, -0.05) is 79.8 Å². The Bertz CT molecular complexity index is 4190. The van der Waals surface area contributed by atoms with Crippen LogP contribution < -0.4 is 0 Å². The zero-order chi connectivity index (χ0) is 108. The van der Waals surface area contributed by atoms with Gasteiger partial charge in [0, 0.05) is 30.9 Å². The molecular formula is C86H114O50. The molecule has 758 valence electrons. The number of aliphatic hydroxyl groups is 7. The zero-order valence-corrected chi connectivity index (χ0v) is 75.0. The van der Waals surface area contributed by atoms with Crippen LogP contribution >= 0.6 is 0 Å².